The van der Waals surface area contributed by atoms with E-state index in [1.54, 1.807) is 12.3 Å². The van der Waals surface area contributed by atoms with Crippen molar-refractivity contribution in [3.63, 3.8) is 0 Å². The van der Waals surface area contributed by atoms with E-state index in [-0.39, 0.29) is 18.2 Å². The number of nitrogens with zero attached hydrogens (tertiary/aromatic N) is 3. The zero-order chi connectivity index (χ0) is 25.4. The number of thiazole rings is 1. The molecule has 0 aliphatic carbocycles. The lowest BCUT2D eigenvalue weighted by Crippen LogP contribution is -2.42. The molecule has 2 aromatic rings. The molecule has 0 radical (unpaired) electrons. The van der Waals surface area contributed by atoms with Crippen molar-refractivity contribution in [3.8, 4) is 0 Å². The Bertz CT molecular complexity index is 1050. The van der Waals surface area contributed by atoms with E-state index in [1.165, 1.54) is 11.3 Å². The number of carbonyl (C=O) groups excluding carboxylic acids is 3. The summed E-state index contributed by atoms with van der Waals surface area (Å²) in [4.78, 5) is 43.9. The van der Waals surface area contributed by atoms with Gasteiger partial charge in [-0.3, -0.25) is 25.2 Å². The maximum Gasteiger partial charge on any atom is 0.315 e. The van der Waals surface area contributed by atoms with Gasteiger partial charge in [0.2, 0.25) is 5.91 Å². The lowest BCUT2D eigenvalue weighted by molar-refractivity contribution is -0.146. The van der Waals surface area contributed by atoms with E-state index in [4.69, 9.17) is 17.0 Å². The zero-order valence-corrected chi connectivity index (χ0v) is 21.6. The summed E-state index contributed by atoms with van der Waals surface area (Å²) in [6, 6.07) is 8.10. The smallest absolute Gasteiger partial charge is 0.315 e. The first kappa shape index (κ1) is 26.4. The molecule has 3 rings (SSSR count). The van der Waals surface area contributed by atoms with Gasteiger partial charge in [-0.2, -0.15) is 0 Å². The molecule has 1 aromatic heterocycles. The maximum atomic E-state index is 12.3. The largest absolute Gasteiger partial charge is 0.466 e. The Morgan fingerprint density at radius 1 is 1.17 bits per heavy atom. The minimum absolute atomic E-state index is 0.187. The van der Waals surface area contributed by atoms with Gasteiger partial charge >= 0.3 is 5.97 Å². The fourth-order valence-electron chi connectivity index (χ4n) is 3.53. The second-order valence-corrected chi connectivity index (χ2v) is 9.46. The van der Waals surface area contributed by atoms with Gasteiger partial charge in [0.15, 0.2) is 5.11 Å². The highest BCUT2D eigenvalue weighted by Gasteiger charge is 2.25. The summed E-state index contributed by atoms with van der Waals surface area (Å²) < 4.78 is 4.70. The summed E-state index contributed by atoms with van der Waals surface area (Å²) in [6.07, 6.45) is 1.27. The Balaban J connectivity index is 1.44. The number of piperidine rings is 1. The van der Waals surface area contributed by atoms with Crippen LogP contribution in [0, 0.1) is 0 Å². The van der Waals surface area contributed by atoms with Crippen LogP contribution in [0.1, 0.15) is 47.6 Å². The van der Waals surface area contributed by atoms with E-state index in [1.807, 2.05) is 43.3 Å². The predicted octanol–water partition coefficient (Wildman–Crippen LogP) is 2.50. The standard InChI is InChI=1S/C23H30N6O4S2/c1-4-33-20(31)13-19(30)26-27-21(32)18-14-35-22(25-18)15-9-11-29(12-10-15)23(34)24-16-5-7-17(8-6-16)28(2)3/h5-8,14-15H,4,9-13H2,1-3H3,(H,24,34)(H,26,30)(H,27,32). The molecule has 0 atom stereocenters. The first-order valence-corrected chi connectivity index (χ1v) is 12.6. The van der Waals surface area contributed by atoms with Crippen LogP contribution in [0.3, 0.4) is 0 Å². The average Bonchev–Trinajstić information content (AvgIpc) is 3.33. The number of benzene rings is 1. The fourth-order valence-corrected chi connectivity index (χ4v) is 4.80. The van der Waals surface area contributed by atoms with Gasteiger partial charge < -0.3 is 19.9 Å². The van der Waals surface area contributed by atoms with Crippen LogP contribution >= 0.6 is 23.6 Å². The fraction of sp³-hybridized carbons (Fsp3) is 0.435. The monoisotopic (exact) mass is 518 g/mol. The summed E-state index contributed by atoms with van der Waals surface area (Å²) >= 11 is 7.02. The van der Waals surface area contributed by atoms with Gasteiger partial charge in [0.1, 0.15) is 12.1 Å². The van der Waals surface area contributed by atoms with Crippen LogP contribution < -0.4 is 21.1 Å². The predicted molar refractivity (Wildman–Crippen MR) is 140 cm³/mol. The number of ether oxygens (including phenoxy) is 1. The van der Waals surface area contributed by atoms with Gasteiger partial charge in [-0.1, -0.05) is 0 Å². The Labute approximate surface area is 214 Å². The number of likely N-dealkylation sites (tertiary alicyclic amines) is 1. The number of nitrogens with one attached hydrogen (secondary N) is 3. The second-order valence-electron chi connectivity index (χ2n) is 8.19. The summed E-state index contributed by atoms with van der Waals surface area (Å²) in [5, 5.41) is 6.54. The number of esters is 1. The van der Waals surface area contributed by atoms with E-state index in [2.05, 4.69) is 26.1 Å². The van der Waals surface area contributed by atoms with Crippen LogP contribution in [0.4, 0.5) is 11.4 Å². The number of anilines is 2. The van der Waals surface area contributed by atoms with Crippen molar-refractivity contribution in [1.82, 2.24) is 20.7 Å². The third kappa shape index (κ3) is 7.62. The number of amides is 2. The summed E-state index contributed by atoms with van der Waals surface area (Å²) in [7, 11) is 4.00. The molecule has 1 fully saturated rings. The van der Waals surface area contributed by atoms with Crippen molar-refractivity contribution in [2.24, 2.45) is 0 Å². The number of hydrogen-bond donors (Lipinski definition) is 3. The van der Waals surface area contributed by atoms with Crippen LogP contribution in [0.2, 0.25) is 0 Å². The van der Waals surface area contributed by atoms with Crippen LogP contribution in [0.25, 0.3) is 0 Å². The Hall–Kier alpha value is -3.25. The normalized spacial score (nSPS) is 13.6. The summed E-state index contributed by atoms with van der Waals surface area (Å²) in [5.41, 5.74) is 6.78. The molecule has 2 amide bonds. The third-order valence-electron chi connectivity index (χ3n) is 5.45. The number of aromatic nitrogens is 1. The van der Waals surface area contributed by atoms with Crippen LogP contribution in [0.15, 0.2) is 29.6 Å². The first-order chi connectivity index (χ1) is 16.8. The zero-order valence-electron chi connectivity index (χ0n) is 20.0. The van der Waals surface area contributed by atoms with E-state index in [0.29, 0.717) is 5.11 Å². The molecular weight excluding hydrogens is 488 g/mol. The number of carbonyl (C=O) groups is 3. The quantitative estimate of drug-likeness (QED) is 0.220. The van der Waals surface area contributed by atoms with Crippen molar-refractivity contribution in [1.29, 1.82) is 0 Å². The number of hydrogen-bond acceptors (Lipinski definition) is 8. The van der Waals surface area contributed by atoms with Gasteiger partial charge in [-0.25, -0.2) is 4.98 Å². The molecule has 0 bridgehead atoms. The molecular formula is C23H30N6O4S2. The molecule has 0 unspecified atom stereocenters. The molecule has 10 nitrogen and oxygen atoms in total. The Kier molecular flexibility index (Phi) is 9.38. The Morgan fingerprint density at radius 2 is 1.86 bits per heavy atom. The molecule has 1 aliphatic heterocycles. The summed E-state index contributed by atoms with van der Waals surface area (Å²) in [5.74, 6) is -1.61. The van der Waals surface area contributed by atoms with Crippen molar-refractivity contribution in [3.05, 3.63) is 40.3 Å². The number of thiocarbonyl (C=S) groups is 1. The third-order valence-corrected chi connectivity index (χ3v) is 6.81. The maximum absolute atomic E-state index is 12.3. The number of rotatable bonds is 7. The topological polar surface area (TPSA) is 116 Å². The van der Waals surface area contributed by atoms with Gasteiger partial charge in [-0.05, 0) is 56.2 Å². The van der Waals surface area contributed by atoms with Crippen LogP contribution in [-0.4, -0.2) is 66.6 Å². The highest BCUT2D eigenvalue weighted by Crippen LogP contribution is 2.30. The Morgan fingerprint density at radius 3 is 2.49 bits per heavy atom. The van der Waals surface area contributed by atoms with E-state index >= 15 is 0 Å². The first-order valence-electron chi connectivity index (χ1n) is 11.3. The van der Waals surface area contributed by atoms with Gasteiger partial charge in [0, 0.05) is 49.9 Å². The van der Waals surface area contributed by atoms with Gasteiger partial charge in [0.05, 0.1) is 11.6 Å². The lowest BCUT2D eigenvalue weighted by Gasteiger charge is -2.33. The molecule has 0 spiro atoms. The number of hydrazine groups is 1. The molecule has 12 heteroatoms. The van der Waals surface area contributed by atoms with Crippen molar-refractivity contribution in [2.45, 2.75) is 32.1 Å². The minimum Gasteiger partial charge on any atom is -0.466 e. The molecule has 1 saturated heterocycles. The lowest BCUT2D eigenvalue weighted by atomic mass is 9.98. The van der Waals surface area contributed by atoms with E-state index in [0.717, 1.165) is 42.3 Å². The van der Waals surface area contributed by atoms with Crippen molar-refractivity contribution >= 4 is 57.8 Å². The molecule has 0 saturated carbocycles. The molecule has 35 heavy (non-hydrogen) atoms. The van der Waals surface area contributed by atoms with Gasteiger partial charge in [0.25, 0.3) is 5.91 Å². The van der Waals surface area contributed by atoms with Crippen molar-refractivity contribution in [2.75, 3.05) is 44.0 Å². The van der Waals surface area contributed by atoms with Crippen LogP contribution in [0.5, 0.6) is 0 Å². The van der Waals surface area contributed by atoms with Gasteiger partial charge in [-0.15, -0.1) is 11.3 Å². The highest BCUT2D eigenvalue weighted by molar-refractivity contribution is 7.80. The van der Waals surface area contributed by atoms with Crippen LogP contribution in [-0.2, 0) is 14.3 Å². The minimum atomic E-state index is -0.655. The molecule has 2 heterocycles. The van der Waals surface area contributed by atoms with Crippen molar-refractivity contribution < 1.29 is 19.1 Å². The SMILES string of the molecule is CCOC(=O)CC(=O)NNC(=O)c1csc(C2CCN(C(=S)Nc3ccc(N(C)C)cc3)CC2)n1. The van der Waals surface area contributed by atoms with E-state index < -0.39 is 24.2 Å². The molecule has 3 N–H and O–H groups in total. The molecule has 1 aliphatic rings. The summed E-state index contributed by atoms with van der Waals surface area (Å²) in [6.45, 7) is 3.42. The second kappa shape index (κ2) is 12.5. The average molecular weight is 519 g/mol. The van der Waals surface area contributed by atoms with E-state index in [9.17, 15) is 14.4 Å². The highest BCUT2D eigenvalue weighted by atomic mass is 32.1. The molecule has 188 valence electrons. The molecule has 1 aromatic carbocycles.